The van der Waals surface area contributed by atoms with Crippen LogP contribution in [0.15, 0.2) is 0 Å². The van der Waals surface area contributed by atoms with Crippen LogP contribution in [-0.4, -0.2) is 44.0 Å². The first-order valence-corrected chi connectivity index (χ1v) is 7.69. The number of hydrogen-bond donors (Lipinski definition) is 2. The smallest absolute Gasteiger partial charge is 0.407 e. The molecule has 126 valence electrons. The zero-order valence-corrected chi connectivity index (χ0v) is 15.0. The molecule has 0 aliphatic heterocycles. The molecule has 0 saturated heterocycles. The third-order valence-electron chi connectivity index (χ3n) is 3.36. The summed E-state index contributed by atoms with van der Waals surface area (Å²) in [5, 5.41) is 6.26. The molecule has 0 heterocycles. The van der Waals surface area contributed by atoms with E-state index in [1.807, 2.05) is 34.6 Å². The Hall–Kier alpha value is -0.810. The summed E-state index contributed by atoms with van der Waals surface area (Å²) in [5.41, 5.74) is -0.641. The van der Waals surface area contributed by atoms with Gasteiger partial charge in [0.1, 0.15) is 5.60 Å². The lowest BCUT2D eigenvalue weighted by atomic mass is 9.95. The van der Waals surface area contributed by atoms with E-state index in [2.05, 4.69) is 24.5 Å². The first-order chi connectivity index (χ1) is 9.47. The number of hydrogen-bond acceptors (Lipinski definition) is 4. The average molecular weight is 302 g/mol. The van der Waals surface area contributed by atoms with Crippen molar-refractivity contribution in [1.82, 2.24) is 10.6 Å². The van der Waals surface area contributed by atoms with E-state index >= 15 is 0 Å². The van der Waals surface area contributed by atoms with Gasteiger partial charge in [0.2, 0.25) is 0 Å². The van der Waals surface area contributed by atoms with E-state index in [4.69, 9.17) is 9.47 Å². The van der Waals surface area contributed by atoms with Gasteiger partial charge >= 0.3 is 6.09 Å². The quantitative estimate of drug-likeness (QED) is 0.724. The predicted molar refractivity (Wildman–Crippen MR) is 86.5 cm³/mol. The van der Waals surface area contributed by atoms with Gasteiger partial charge in [-0.3, -0.25) is 0 Å². The van der Waals surface area contributed by atoms with Crippen molar-refractivity contribution in [1.29, 1.82) is 0 Å². The second-order valence-electron chi connectivity index (χ2n) is 7.48. The van der Waals surface area contributed by atoms with E-state index in [1.54, 1.807) is 7.11 Å². The van der Waals surface area contributed by atoms with E-state index in [-0.39, 0.29) is 11.7 Å². The number of amides is 1. The second-order valence-corrected chi connectivity index (χ2v) is 7.48. The van der Waals surface area contributed by atoms with Gasteiger partial charge in [-0.2, -0.15) is 0 Å². The summed E-state index contributed by atoms with van der Waals surface area (Å²) in [6.45, 7) is 16.2. The molecule has 1 unspecified atom stereocenters. The Balaban J connectivity index is 4.18. The normalized spacial score (nSPS) is 14.1. The maximum Gasteiger partial charge on any atom is 0.407 e. The zero-order chi connectivity index (χ0) is 16.7. The van der Waals surface area contributed by atoms with E-state index in [0.29, 0.717) is 18.4 Å². The van der Waals surface area contributed by atoms with Crippen LogP contribution in [0.3, 0.4) is 0 Å². The molecule has 1 atom stereocenters. The monoisotopic (exact) mass is 302 g/mol. The number of carbonyl (C=O) groups excluding carboxylic acids is 1. The summed E-state index contributed by atoms with van der Waals surface area (Å²) in [4.78, 5) is 11.7. The highest BCUT2D eigenvalue weighted by molar-refractivity contribution is 5.67. The van der Waals surface area contributed by atoms with Crippen LogP contribution in [0.1, 0.15) is 48.5 Å². The van der Waals surface area contributed by atoms with Gasteiger partial charge in [-0.1, -0.05) is 13.8 Å². The van der Waals surface area contributed by atoms with Crippen molar-refractivity contribution in [3.05, 3.63) is 0 Å². The van der Waals surface area contributed by atoms with Crippen LogP contribution in [0.2, 0.25) is 0 Å². The zero-order valence-electron chi connectivity index (χ0n) is 15.0. The molecule has 0 aliphatic rings. The van der Waals surface area contributed by atoms with Crippen molar-refractivity contribution in [3.8, 4) is 0 Å². The molecule has 0 fully saturated rings. The first kappa shape index (κ1) is 20.2. The largest absolute Gasteiger partial charge is 0.444 e. The number of alkyl carbamates (subject to hydrolysis) is 1. The Labute approximate surface area is 130 Å². The molecule has 0 aromatic rings. The van der Waals surface area contributed by atoms with Crippen LogP contribution in [-0.2, 0) is 9.47 Å². The summed E-state index contributed by atoms with van der Waals surface area (Å²) in [5.74, 6) is 0.822. The Morgan fingerprint density at radius 2 is 1.67 bits per heavy atom. The number of carbonyl (C=O) groups is 1. The molecule has 5 heteroatoms. The van der Waals surface area contributed by atoms with E-state index in [9.17, 15) is 4.79 Å². The summed E-state index contributed by atoms with van der Waals surface area (Å²) in [6, 6.07) is 0. The first-order valence-electron chi connectivity index (χ1n) is 7.69. The molecule has 5 nitrogen and oxygen atoms in total. The Morgan fingerprint density at radius 3 is 2.10 bits per heavy atom. The maximum atomic E-state index is 11.7. The molecular formula is C16H34N2O3. The third kappa shape index (κ3) is 10.5. The SMILES string of the molecule is COC(C)(C)CNCC(CNC(=O)OC(C)(C)C)C(C)C. The van der Waals surface area contributed by atoms with Gasteiger partial charge in [-0.25, -0.2) is 4.79 Å². The molecule has 0 aromatic carbocycles. The average Bonchev–Trinajstić information content (AvgIpc) is 2.30. The standard InChI is InChI=1S/C16H34N2O3/c1-12(2)13(9-17-11-16(6,7)20-8)10-18-14(19)21-15(3,4)5/h12-13,17H,9-11H2,1-8H3,(H,18,19). The van der Waals surface area contributed by atoms with E-state index in [0.717, 1.165) is 13.1 Å². The minimum absolute atomic E-state index is 0.180. The molecule has 0 rings (SSSR count). The lowest BCUT2D eigenvalue weighted by Crippen LogP contribution is -2.43. The van der Waals surface area contributed by atoms with Gasteiger partial charge in [0.05, 0.1) is 5.60 Å². The highest BCUT2D eigenvalue weighted by Crippen LogP contribution is 2.11. The molecule has 0 saturated carbocycles. The maximum absolute atomic E-state index is 11.7. The molecule has 0 bridgehead atoms. The molecular weight excluding hydrogens is 268 g/mol. The minimum atomic E-state index is -0.460. The minimum Gasteiger partial charge on any atom is -0.444 e. The Bertz CT molecular complexity index is 309. The van der Waals surface area contributed by atoms with Crippen molar-refractivity contribution < 1.29 is 14.3 Å². The third-order valence-corrected chi connectivity index (χ3v) is 3.36. The van der Waals surface area contributed by atoms with Crippen molar-refractivity contribution >= 4 is 6.09 Å². The molecule has 0 aromatic heterocycles. The van der Waals surface area contributed by atoms with Gasteiger partial charge in [0, 0.05) is 20.2 Å². The number of nitrogens with one attached hydrogen (secondary N) is 2. The van der Waals surface area contributed by atoms with Crippen LogP contribution in [0.5, 0.6) is 0 Å². The summed E-state index contributed by atoms with van der Waals surface area (Å²) >= 11 is 0. The molecule has 0 aliphatic carbocycles. The van der Waals surface area contributed by atoms with Crippen LogP contribution in [0, 0.1) is 11.8 Å². The molecule has 0 radical (unpaired) electrons. The van der Waals surface area contributed by atoms with Crippen LogP contribution in [0.25, 0.3) is 0 Å². The fourth-order valence-corrected chi connectivity index (χ4v) is 1.70. The summed E-state index contributed by atoms with van der Waals surface area (Å²) in [7, 11) is 1.71. The Morgan fingerprint density at radius 1 is 1.10 bits per heavy atom. The fourth-order valence-electron chi connectivity index (χ4n) is 1.70. The fraction of sp³-hybridized carbons (Fsp3) is 0.938. The molecule has 1 amide bonds. The van der Waals surface area contributed by atoms with Crippen molar-refractivity contribution in [2.24, 2.45) is 11.8 Å². The molecule has 0 spiro atoms. The van der Waals surface area contributed by atoms with Gasteiger partial charge in [-0.05, 0) is 53.0 Å². The lowest BCUT2D eigenvalue weighted by Gasteiger charge is -2.27. The van der Waals surface area contributed by atoms with E-state index < -0.39 is 5.60 Å². The van der Waals surface area contributed by atoms with Crippen molar-refractivity contribution in [2.45, 2.75) is 59.7 Å². The lowest BCUT2D eigenvalue weighted by molar-refractivity contribution is 0.0220. The highest BCUT2D eigenvalue weighted by Gasteiger charge is 2.20. The van der Waals surface area contributed by atoms with Crippen LogP contribution in [0.4, 0.5) is 4.79 Å². The highest BCUT2D eigenvalue weighted by atomic mass is 16.6. The van der Waals surface area contributed by atoms with Gasteiger partial charge in [-0.15, -0.1) is 0 Å². The van der Waals surface area contributed by atoms with Crippen LogP contribution < -0.4 is 10.6 Å². The van der Waals surface area contributed by atoms with Gasteiger partial charge < -0.3 is 20.1 Å². The van der Waals surface area contributed by atoms with Crippen molar-refractivity contribution in [3.63, 3.8) is 0 Å². The summed E-state index contributed by atoms with van der Waals surface area (Å²) in [6.07, 6.45) is -0.356. The number of ether oxygens (including phenoxy) is 2. The second kappa shape index (κ2) is 8.59. The van der Waals surface area contributed by atoms with Crippen LogP contribution >= 0.6 is 0 Å². The molecule has 21 heavy (non-hydrogen) atoms. The number of methoxy groups -OCH3 is 1. The molecule has 2 N–H and O–H groups in total. The van der Waals surface area contributed by atoms with Gasteiger partial charge in [0.25, 0.3) is 0 Å². The number of rotatable bonds is 8. The topological polar surface area (TPSA) is 59.6 Å². The summed E-state index contributed by atoms with van der Waals surface area (Å²) < 4.78 is 10.6. The Kier molecular flexibility index (Phi) is 8.26. The van der Waals surface area contributed by atoms with Crippen molar-refractivity contribution in [2.75, 3.05) is 26.7 Å². The van der Waals surface area contributed by atoms with E-state index in [1.165, 1.54) is 0 Å². The van der Waals surface area contributed by atoms with Gasteiger partial charge in [0.15, 0.2) is 0 Å². The predicted octanol–water partition coefficient (Wildman–Crippen LogP) is 2.80.